The zero-order valence-electron chi connectivity index (χ0n) is 15.0. The van der Waals surface area contributed by atoms with Gasteiger partial charge in [0.25, 0.3) is 5.91 Å². The van der Waals surface area contributed by atoms with Crippen molar-refractivity contribution in [2.45, 2.75) is 38.0 Å². The van der Waals surface area contributed by atoms with E-state index in [9.17, 15) is 23.1 Å². The van der Waals surface area contributed by atoms with Gasteiger partial charge in [-0.2, -0.15) is 13.2 Å². The highest BCUT2D eigenvalue weighted by Gasteiger charge is 2.32. The van der Waals surface area contributed by atoms with E-state index in [1.54, 1.807) is 12.1 Å². The van der Waals surface area contributed by atoms with E-state index in [0.29, 0.717) is 12.4 Å². The Labute approximate surface area is 160 Å². The van der Waals surface area contributed by atoms with Gasteiger partial charge in [-0.3, -0.25) is 4.79 Å². The first-order chi connectivity index (χ1) is 13.3. The Morgan fingerprint density at radius 1 is 1.18 bits per heavy atom. The molecule has 3 rings (SSSR count). The van der Waals surface area contributed by atoms with Crippen LogP contribution in [0.2, 0.25) is 0 Å². The zero-order chi connectivity index (χ0) is 20.1. The molecule has 9 heteroatoms. The molecule has 0 saturated heterocycles. The fraction of sp³-hybridized carbons (Fsp3) is 0.421. The van der Waals surface area contributed by atoms with Crippen molar-refractivity contribution < 1.29 is 23.1 Å². The van der Waals surface area contributed by atoms with Crippen LogP contribution < -0.4 is 10.6 Å². The Morgan fingerprint density at radius 2 is 1.96 bits per heavy atom. The number of aromatic nitrogens is 2. The lowest BCUT2D eigenvalue weighted by molar-refractivity contribution is -0.141. The van der Waals surface area contributed by atoms with Crippen molar-refractivity contribution in [1.29, 1.82) is 0 Å². The van der Waals surface area contributed by atoms with Gasteiger partial charge in [0.1, 0.15) is 11.5 Å². The number of amides is 1. The fourth-order valence-corrected chi connectivity index (χ4v) is 3.22. The number of hydrogen-bond donors (Lipinski definition) is 3. The van der Waals surface area contributed by atoms with Gasteiger partial charge in [-0.25, -0.2) is 9.97 Å². The molecule has 28 heavy (non-hydrogen) atoms. The average Bonchev–Trinajstić information content (AvgIpc) is 2.67. The van der Waals surface area contributed by atoms with Gasteiger partial charge in [-0.15, -0.1) is 0 Å². The molecule has 1 aliphatic rings. The van der Waals surface area contributed by atoms with Crippen molar-refractivity contribution in [3.8, 4) is 0 Å². The van der Waals surface area contributed by atoms with Crippen molar-refractivity contribution >= 4 is 17.4 Å². The number of alkyl halides is 3. The number of carbonyl (C=O) groups is 1. The van der Waals surface area contributed by atoms with E-state index in [-0.39, 0.29) is 23.3 Å². The number of hydrogen-bond acceptors (Lipinski definition) is 5. The summed E-state index contributed by atoms with van der Waals surface area (Å²) < 4.78 is 37.7. The van der Waals surface area contributed by atoms with Crippen LogP contribution in [0.3, 0.4) is 0 Å². The fourth-order valence-electron chi connectivity index (χ4n) is 3.22. The van der Waals surface area contributed by atoms with Crippen LogP contribution in [0, 0.1) is 5.92 Å². The summed E-state index contributed by atoms with van der Waals surface area (Å²) in [6, 6.07) is 5.12. The molecule has 6 nitrogen and oxygen atoms in total. The molecule has 3 N–H and O–H groups in total. The van der Waals surface area contributed by atoms with Gasteiger partial charge in [0.05, 0.1) is 23.6 Å². The van der Waals surface area contributed by atoms with E-state index in [0.717, 1.165) is 44.0 Å². The predicted octanol–water partition coefficient (Wildman–Crippen LogP) is 3.71. The number of pyridine rings is 2. The monoisotopic (exact) mass is 394 g/mol. The standard InChI is InChI=1S/C19H21F3N4O2/c20-19(21,22)16-8-7-13(11-24-16)26-18(28)14-5-3-9-23-17(14)25-10-12-4-1-2-6-15(12)27/h3,5,7-9,11-12,15,27H,1-2,4,6,10H2,(H,23,25)(H,26,28)/t12-,15-/m0/s1. The van der Waals surface area contributed by atoms with Crippen molar-refractivity contribution in [3.63, 3.8) is 0 Å². The molecule has 2 aromatic rings. The normalized spacial score (nSPS) is 19.9. The molecule has 150 valence electrons. The molecule has 2 aromatic heterocycles. The number of aliphatic hydroxyl groups excluding tert-OH is 1. The number of nitrogens with one attached hydrogen (secondary N) is 2. The molecule has 0 unspecified atom stereocenters. The van der Waals surface area contributed by atoms with Gasteiger partial charge in [-0.1, -0.05) is 12.8 Å². The topological polar surface area (TPSA) is 87.1 Å². The van der Waals surface area contributed by atoms with E-state index in [1.807, 2.05) is 0 Å². The molecular weight excluding hydrogens is 373 g/mol. The second-order valence-electron chi connectivity index (χ2n) is 6.78. The third-order valence-corrected chi connectivity index (χ3v) is 4.76. The number of halogens is 3. The first kappa shape index (κ1) is 20.1. The van der Waals surface area contributed by atoms with E-state index >= 15 is 0 Å². The molecule has 0 aliphatic heterocycles. The second kappa shape index (κ2) is 8.55. The van der Waals surface area contributed by atoms with Gasteiger partial charge in [0.2, 0.25) is 0 Å². The van der Waals surface area contributed by atoms with Crippen LogP contribution in [0.5, 0.6) is 0 Å². The number of carbonyl (C=O) groups excluding carboxylic acids is 1. The lowest BCUT2D eigenvalue weighted by Crippen LogP contribution is -2.31. The summed E-state index contributed by atoms with van der Waals surface area (Å²) in [4.78, 5) is 20.0. The Bertz CT molecular complexity index is 812. The van der Waals surface area contributed by atoms with Crippen LogP contribution in [0.25, 0.3) is 0 Å². The van der Waals surface area contributed by atoms with Crippen LogP contribution in [0.15, 0.2) is 36.7 Å². The largest absolute Gasteiger partial charge is 0.433 e. The predicted molar refractivity (Wildman–Crippen MR) is 97.9 cm³/mol. The molecule has 1 aliphatic carbocycles. The smallest absolute Gasteiger partial charge is 0.393 e. The Kier molecular flexibility index (Phi) is 6.13. The molecule has 1 amide bonds. The van der Waals surface area contributed by atoms with E-state index in [1.165, 1.54) is 6.20 Å². The molecule has 2 atom stereocenters. The highest BCUT2D eigenvalue weighted by atomic mass is 19.4. The summed E-state index contributed by atoms with van der Waals surface area (Å²) in [5, 5.41) is 15.7. The van der Waals surface area contributed by atoms with Crippen LogP contribution >= 0.6 is 0 Å². The van der Waals surface area contributed by atoms with Crippen molar-refractivity contribution in [2.24, 2.45) is 5.92 Å². The molecule has 0 spiro atoms. The highest BCUT2D eigenvalue weighted by Crippen LogP contribution is 2.28. The lowest BCUT2D eigenvalue weighted by Gasteiger charge is -2.28. The van der Waals surface area contributed by atoms with E-state index < -0.39 is 17.8 Å². The number of nitrogens with zero attached hydrogens (tertiary/aromatic N) is 2. The summed E-state index contributed by atoms with van der Waals surface area (Å²) in [6.07, 6.45) is 1.32. The molecule has 2 heterocycles. The van der Waals surface area contributed by atoms with Crippen LogP contribution in [0.1, 0.15) is 41.7 Å². The number of anilines is 2. The minimum atomic E-state index is -4.54. The van der Waals surface area contributed by atoms with Gasteiger partial charge in [0.15, 0.2) is 0 Å². The van der Waals surface area contributed by atoms with Gasteiger partial charge < -0.3 is 15.7 Å². The Balaban J connectivity index is 1.67. The van der Waals surface area contributed by atoms with E-state index in [2.05, 4.69) is 20.6 Å². The zero-order valence-corrected chi connectivity index (χ0v) is 15.0. The highest BCUT2D eigenvalue weighted by molar-refractivity contribution is 6.07. The molecule has 0 aromatic carbocycles. The maximum atomic E-state index is 12.6. The number of aliphatic hydroxyl groups is 1. The summed E-state index contributed by atoms with van der Waals surface area (Å²) in [7, 11) is 0. The van der Waals surface area contributed by atoms with Crippen LogP contribution in [0.4, 0.5) is 24.7 Å². The first-order valence-corrected chi connectivity index (χ1v) is 9.06. The molecular formula is C19H21F3N4O2. The van der Waals surface area contributed by atoms with E-state index in [4.69, 9.17) is 0 Å². The second-order valence-corrected chi connectivity index (χ2v) is 6.78. The van der Waals surface area contributed by atoms with Crippen LogP contribution in [-0.2, 0) is 6.18 Å². The molecule has 1 saturated carbocycles. The van der Waals surface area contributed by atoms with Gasteiger partial charge in [-0.05, 0) is 37.1 Å². The van der Waals surface area contributed by atoms with Crippen molar-refractivity contribution in [2.75, 3.05) is 17.2 Å². The first-order valence-electron chi connectivity index (χ1n) is 9.06. The van der Waals surface area contributed by atoms with Crippen LogP contribution in [-0.4, -0.2) is 33.6 Å². The Morgan fingerprint density at radius 3 is 2.64 bits per heavy atom. The molecule has 0 radical (unpaired) electrons. The lowest BCUT2D eigenvalue weighted by atomic mass is 9.86. The van der Waals surface area contributed by atoms with Crippen molar-refractivity contribution in [1.82, 2.24) is 9.97 Å². The minimum Gasteiger partial charge on any atom is -0.393 e. The van der Waals surface area contributed by atoms with Crippen molar-refractivity contribution in [3.05, 3.63) is 47.9 Å². The van der Waals surface area contributed by atoms with Gasteiger partial charge in [0, 0.05) is 18.7 Å². The summed E-state index contributed by atoms with van der Waals surface area (Å²) >= 11 is 0. The maximum Gasteiger partial charge on any atom is 0.433 e. The molecule has 0 bridgehead atoms. The minimum absolute atomic E-state index is 0.0887. The summed E-state index contributed by atoms with van der Waals surface area (Å²) in [5.74, 6) is -0.0650. The maximum absolute atomic E-state index is 12.6. The quantitative estimate of drug-likeness (QED) is 0.720. The Hall–Kier alpha value is -2.68. The average molecular weight is 394 g/mol. The SMILES string of the molecule is O=C(Nc1ccc(C(F)(F)F)nc1)c1cccnc1NC[C@@H]1CCCC[C@@H]1O. The summed E-state index contributed by atoms with van der Waals surface area (Å²) in [5.41, 5.74) is -0.622. The third-order valence-electron chi connectivity index (χ3n) is 4.76. The third kappa shape index (κ3) is 4.98. The number of rotatable bonds is 5. The van der Waals surface area contributed by atoms with Gasteiger partial charge >= 0.3 is 6.18 Å². The molecule has 1 fully saturated rings. The summed E-state index contributed by atoms with van der Waals surface area (Å²) in [6.45, 7) is 0.486.